The van der Waals surface area contributed by atoms with Crippen LogP contribution in [0.25, 0.3) is 0 Å². The van der Waals surface area contributed by atoms with Crippen molar-refractivity contribution in [2.24, 2.45) is 0 Å². The second-order valence-corrected chi connectivity index (χ2v) is 5.44. The van der Waals surface area contributed by atoms with Crippen molar-refractivity contribution in [3.05, 3.63) is 40.1 Å². The van der Waals surface area contributed by atoms with Gasteiger partial charge < -0.3 is 19.5 Å². The number of benzene rings is 1. The van der Waals surface area contributed by atoms with Gasteiger partial charge in [0.15, 0.2) is 11.5 Å². The third-order valence-electron chi connectivity index (χ3n) is 3.27. The van der Waals surface area contributed by atoms with E-state index in [9.17, 15) is 0 Å². The van der Waals surface area contributed by atoms with Crippen molar-refractivity contribution in [3.63, 3.8) is 0 Å². The Morgan fingerprint density at radius 1 is 1.05 bits per heavy atom. The van der Waals surface area contributed by atoms with Crippen molar-refractivity contribution in [1.82, 2.24) is 5.32 Å². The van der Waals surface area contributed by atoms with Gasteiger partial charge in [-0.05, 0) is 30.3 Å². The molecule has 0 saturated heterocycles. The van der Waals surface area contributed by atoms with Gasteiger partial charge in [0.25, 0.3) is 0 Å². The highest BCUT2D eigenvalue weighted by Crippen LogP contribution is 2.35. The van der Waals surface area contributed by atoms with E-state index in [1.165, 1.54) is 4.88 Å². The van der Waals surface area contributed by atoms with Crippen molar-refractivity contribution in [3.8, 4) is 17.2 Å². The first-order valence-corrected chi connectivity index (χ1v) is 7.69. The van der Waals surface area contributed by atoms with Crippen molar-refractivity contribution in [2.75, 3.05) is 27.9 Å². The fourth-order valence-electron chi connectivity index (χ4n) is 2.21. The molecule has 0 aliphatic rings. The summed E-state index contributed by atoms with van der Waals surface area (Å²) in [6, 6.07) is 8.18. The fourth-order valence-corrected chi connectivity index (χ4v) is 3.17. The predicted molar refractivity (Wildman–Crippen MR) is 85.9 cm³/mol. The molecule has 1 N–H and O–H groups in total. The molecule has 1 aromatic carbocycles. The summed E-state index contributed by atoms with van der Waals surface area (Å²) >= 11 is 1.68. The van der Waals surface area contributed by atoms with E-state index in [1.54, 1.807) is 32.7 Å². The Balaban J connectivity index is 2.37. The minimum atomic E-state index is 0.115. The molecule has 0 bridgehead atoms. The first kappa shape index (κ1) is 15.7. The average molecular weight is 307 g/mol. The summed E-state index contributed by atoms with van der Waals surface area (Å²) in [7, 11) is 4.98. The smallest absolute Gasteiger partial charge is 0.161 e. The van der Waals surface area contributed by atoms with Crippen LogP contribution in [-0.2, 0) is 0 Å². The Kier molecular flexibility index (Phi) is 5.47. The summed E-state index contributed by atoms with van der Waals surface area (Å²) in [5.41, 5.74) is 1.14. The van der Waals surface area contributed by atoms with Crippen molar-refractivity contribution >= 4 is 11.3 Å². The maximum Gasteiger partial charge on any atom is 0.161 e. The van der Waals surface area contributed by atoms with E-state index in [0.29, 0.717) is 0 Å². The summed E-state index contributed by atoms with van der Waals surface area (Å²) in [5, 5.41) is 5.51. The molecule has 0 radical (unpaired) electrons. The number of thiophene rings is 1. The van der Waals surface area contributed by atoms with Gasteiger partial charge in [-0.3, -0.25) is 0 Å². The van der Waals surface area contributed by atoms with Crippen LogP contribution in [0.5, 0.6) is 17.2 Å². The van der Waals surface area contributed by atoms with Crippen LogP contribution < -0.4 is 19.5 Å². The number of methoxy groups -OCH3 is 3. The van der Waals surface area contributed by atoms with Gasteiger partial charge in [-0.2, -0.15) is 0 Å². The highest BCUT2D eigenvalue weighted by atomic mass is 32.1. The second kappa shape index (κ2) is 7.33. The highest BCUT2D eigenvalue weighted by molar-refractivity contribution is 7.10. The highest BCUT2D eigenvalue weighted by Gasteiger charge is 2.17. The van der Waals surface area contributed by atoms with E-state index in [-0.39, 0.29) is 6.04 Å². The summed E-state index contributed by atoms with van der Waals surface area (Å²) in [4.78, 5) is 1.21. The minimum absolute atomic E-state index is 0.115. The Hall–Kier alpha value is -1.72. The predicted octanol–water partition coefficient (Wildman–Crippen LogP) is 3.47. The lowest BCUT2D eigenvalue weighted by Gasteiger charge is -2.18. The van der Waals surface area contributed by atoms with Crippen LogP contribution in [-0.4, -0.2) is 27.9 Å². The maximum atomic E-state index is 5.39. The summed E-state index contributed by atoms with van der Waals surface area (Å²) in [6.45, 7) is 2.97. The molecule has 114 valence electrons. The third-order valence-corrected chi connectivity index (χ3v) is 4.24. The van der Waals surface area contributed by atoms with Crippen LogP contribution in [0.4, 0.5) is 0 Å². The lowest BCUT2D eigenvalue weighted by Crippen LogP contribution is -2.21. The van der Waals surface area contributed by atoms with Crippen molar-refractivity contribution in [1.29, 1.82) is 0 Å². The molecule has 0 aliphatic heterocycles. The fraction of sp³-hybridized carbons (Fsp3) is 0.375. The van der Waals surface area contributed by atoms with Gasteiger partial charge in [-0.25, -0.2) is 0 Å². The lowest BCUT2D eigenvalue weighted by atomic mass is 10.0. The molecule has 21 heavy (non-hydrogen) atoms. The topological polar surface area (TPSA) is 39.7 Å². The Morgan fingerprint density at radius 3 is 2.38 bits per heavy atom. The quantitative estimate of drug-likeness (QED) is 0.850. The molecule has 1 aromatic heterocycles. The Bertz CT molecular complexity index is 583. The molecular weight excluding hydrogens is 286 g/mol. The molecule has 0 amide bonds. The van der Waals surface area contributed by atoms with Gasteiger partial charge in [0.1, 0.15) is 5.75 Å². The van der Waals surface area contributed by atoms with E-state index < -0.39 is 0 Å². The molecule has 1 atom stereocenters. The second-order valence-electron chi connectivity index (χ2n) is 4.49. The van der Waals surface area contributed by atoms with Crippen molar-refractivity contribution < 1.29 is 14.2 Å². The molecule has 2 aromatic rings. The van der Waals surface area contributed by atoms with Gasteiger partial charge in [0, 0.05) is 10.3 Å². The average Bonchev–Trinajstić information content (AvgIpc) is 3.00. The summed E-state index contributed by atoms with van der Waals surface area (Å²) in [5.74, 6) is 2.36. The lowest BCUT2D eigenvalue weighted by molar-refractivity contribution is 0.354. The Morgan fingerprint density at radius 2 is 1.81 bits per heavy atom. The molecule has 2 rings (SSSR count). The minimum Gasteiger partial charge on any atom is -0.496 e. The molecule has 1 heterocycles. The van der Waals surface area contributed by atoms with Crippen LogP contribution in [0.3, 0.4) is 0 Å². The zero-order valence-electron chi connectivity index (χ0n) is 12.8. The number of ether oxygens (including phenoxy) is 3. The monoisotopic (exact) mass is 307 g/mol. The van der Waals surface area contributed by atoms with Crippen LogP contribution in [0, 0.1) is 0 Å². The van der Waals surface area contributed by atoms with Crippen LogP contribution in [0.2, 0.25) is 0 Å². The number of hydrogen-bond donors (Lipinski definition) is 1. The molecular formula is C16H21NO3S. The first-order chi connectivity index (χ1) is 10.2. The zero-order valence-corrected chi connectivity index (χ0v) is 13.6. The van der Waals surface area contributed by atoms with Crippen LogP contribution in [0.15, 0.2) is 29.6 Å². The van der Waals surface area contributed by atoms with E-state index >= 15 is 0 Å². The summed E-state index contributed by atoms with van der Waals surface area (Å²) < 4.78 is 16.0. The Labute approximate surface area is 129 Å². The van der Waals surface area contributed by atoms with Crippen LogP contribution in [0.1, 0.15) is 23.4 Å². The molecule has 0 aliphatic carbocycles. The standard InChI is InChI=1S/C16H21NO3S/c1-5-17-16(15-9-12(18-2)10-21-15)11-6-7-13(19-3)14(8-11)20-4/h6-10,16-17H,5H2,1-4H3. The number of rotatable bonds is 7. The molecule has 0 saturated carbocycles. The number of hydrogen-bond acceptors (Lipinski definition) is 5. The zero-order chi connectivity index (χ0) is 15.2. The van der Waals surface area contributed by atoms with E-state index in [1.807, 2.05) is 17.5 Å². The molecule has 5 heteroatoms. The number of nitrogens with one attached hydrogen (secondary N) is 1. The van der Waals surface area contributed by atoms with Crippen LogP contribution >= 0.6 is 11.3 Å². The molecule has 4 nitrogen and oxygen atoms in total. The van der Waals surface area contributed by atoms with Gasteiger partial charge >= 0.3 is 0 Å². The molecule has 1 unspecified atom stereocenters. The third kappa shape index (κ3) is 3.49. The summed E-state index contributed by atoms with van der Waals surface area (Å²) in [6.07, 6.45) is 0. The van der Waals surface area contributed by atoms with Crippen molar-refractivity contribution in [2.45, 2.75) is 13.0 Å². The van der Waals surface area contributed by atoms with E-state index in [4.69, 9.17) is 14.2 Å². The van der Waals surface area contributed by atoms with Gasteiger partial charge in [-0.1, -0.05) is 13.0 Å². The molecule has 0 spiro atoms. The van der Waals surface area contributed by atoms with E-state index in [0.717, 1.165) is 29.4 Å². The largest absolute Gasteiger partial charge is 0.496 e. The van der Waals surface area contributed by atoms with Gasteiger partial charge in [-0.15, -0.1) is 11.3 Å². The maximum absolute atomic E-state index is 5.39. The first-order valence-electron chi connectivity index (χ1n) is 6.81. The van der Waals surface area contributed by atoms with Gasteiger partial charge in [0.05, 0.1) is 27.4 Å². The van der Waals surface area contributed by atoms with E-state index in [2.05, 4.69) is 24.4 Å². The SMILES string of the molecule is CCNC(c1ccc(OC)c(OC)c1)c1cc(OC)cs1. The molecule has 0 fully saturated rings. The normalized spacial score (nSPS) is 12.0. The van der Waals surface area contributed by atoms with Gasteiger partial charge in [0.2, 0.25) is 0 Å².